The summed E-state index contributed by atoms with van der Waals surface area (Å²) < 4.78 is 0. The molecule has 0 aliphatic carbocycles. The van der Waals surface area contributed by atoms with Crippen molar-refractivity contribution in [3.8, 4) is 0 Å². The summed E-state index contributed by atoms with van der Waals surface area (Å²) in [5.41, 5.74) is 0.0153. The van der Waals surface area contributed by atoms with E-state index in [1.165, 1.54) is 25.7 Å². The molecule has 0 saturated carbocycles. The average Bonchev–Trinajstić information content (AvgIpc) is 2.56. The normalized spacial score (nSPS) is 14.9. The van der Waals surface area contributed by atoms with Crippen molar-refractivity contribution >= 4 is 0 Å². The van der Waals surface area contributed by atoms with E-state index in [9.17, 15) is 10.2 Å². The Balaban J connectivity index is 0. The second kappa shape index (κ2) is 16.6. The number of allylic oxidation sites excluding steroid dienone is 2. The van der Waals surface area contributed by atoms with Crippen LogP contribution in [0.25, 0.3) is 0 Å². The second-order valence-corrected chi connectivity index (χ2v) is 8.86. The number of rotatable bonds is 12. The van der Waals surface area contributed by atoms with Gasteiger partial charge in [0, 0.05) is 0 Å². The zero-order valence-corrected chi connectivity index (χ0v) is 19.0. The predicted octanol–water partition coefficient (Wildman–Crippen LogP) is 6.92. The number of aliphatic hydroxyl groups excluding tert-OH is 2. The summed E-state index contributed by atoms with van der Waals surface area (Å²) >= 11 is 0. The van der Waals surface area contributed by atoms with Crippen LogP contribution in [-0.2, 0) is 0 Å². The van der Waals surface area contributed by atoms with Gasteiger partial charge in [0.05, 0.1) is 12.2 Å². The summed E-state index contributed by atoms with van der Waals surface area (Å²) in [6.07, 6.45) is 15.5. The second-order valence-electron chi connectivity index (χ2n) is 8.86. The summed E-state index contributed by atoms with van der Waals surface area (Å²) in [5.74, 6) is 1.07. The van der Waals surface area contributed by atoms with Crippen LogP contribution in [0.4, 0.5) is 0 Å². The first-order valence-electron chi connectivity index (χ1n) is 10.8. The Morgan fingerprint density at radius 2 is 1.23 bits per heavy atom. The smallest absolute Gasteiger partial charge is 0.0771 e. The highest BCUT2D eigenvalue weighted by atomic mass is 16.3. The molecule has 26 heavy (non-hydrogen) atoms. The van der Waals surface area contributed by atoms with Gasteiger partial charge in [-0.15, -0.1) is 0 Å². The molecule has 0 aromatic heterocycles. The minimum Gasteiger partial charge on any atom is -0.389 e. The van der Waals surface area contributed by atoms with Gasteiger partial charge >= 0.3 is 0 Å². The first-order valence-corrected chi connectivity index (χ1v) is 10.8. The van der Waals surface area contributed by atoms with E-state index in [-0.39, 0.29) is 17.6 Å². The average molecular weight is 369 g/mol. The predicted molar refractivity (Wildman–Crippen MR) is 117 cm³/mol. The maximum Gasteiger partial charge on any atom is 0.0771 e. The maximum absolute atomic E-state index is 9.97. The fourth-order valence-corrected chi connectivity index (χ4v) is 2.42. The highest BCUT2D eigenvalue weighted by Crippen LogP contribution is 2.28. The van der Waals surface area contributed by atoms with E-state index in [2.05, 4.69) is 67.5 Å². The molecule has 0 rings (SSSR count). The molecule has 2 nitrogen and oxygen atoms in total. The van der Waals surface area contributed by atoms with E-state index in [0.717, 1.165) is 19.3 Å². The van der Waals surface area contributed by atoms with E-state index < -0.39 is 0 Å². The lowest BCUT2D eigenvalue weighted by molar-refractivity contribution is 0.0812. The fraction of sp³-hybridized carbons (Fsp3) is 0.833. The molecule has 0 radical (unpaired) electrons. The minimum absolute atomic E-state index is 0.0153. The van der Waals surface area contributed by atoms with Gasteiger partial charge in [0.15, 0.2) is 0 Å². The van der Waals surface area contributed by atoms with Gasteiger partial charge in [0.25, 0.3) is 0 Å². The van der Waals surface area contributed by atoms with Crippen LogP contribution in [-0.4, -0.2) is 22.4 Å². The zero-order valence-electron chi connectivity index (χ0n) is 19.0. The number of aliphatic hydroxyl groups is 2. The Kier molecular flexibility index (Phi) is 17.6. The number of hydrogen-bond acceptors (Lipinski definition) is 2. The van der Waals surface area contributed by atoms with Crippen LogP contribution < -0.4 is 0 Å². The van der Waals surface area contributed by atoms with Crippen molar-refractivity contribution in [3.05, 3.63) is 24.3 Å². The number of hydrogen-bond donors (Lipinski definition) is 2. The minimum atomic E-state index is -0.309. The third-order valence-electron chi connectivity index (χ3n) is 4.48. The van der Waals surface area contributed by atoms with Crippen molar-refractivity contribution in [1.29, 1.82) is 0 Å². The molecule has 0 aromatic carbocycles. The third-order valence-corrected chi connectivity index (χ3v) is 4.48. The molecule has 0 aromatic rings. The summed E-state index contributed by atoms with van der Waals surface area (Å²) in [4.78, 5) is 0. The summed E-state index contributed by atoms with van der Waals surface area (Å²) in [6.45, 7) is 17.1. The van der Waals surface area contributed by atoms with Gasteiger partial charge in [-0.25, -0.2) is 0 Å². The molecule has 2 N–H and O–H groups in total. The fourth-order valence-electron chi connectivity index (χ4n) is 2.42. The van der Waals surface area contributed by atoms with Gasteiger partial charge in [-0.1, -0.05) is 112 Å². The summed E-state index contributed by atoms with van der Waals surface area (Å²) in [7, 11) is 0. The maximum atomic E-state index is 9.97. The lowest BCUT2D eigenvalue weighted by Gasteiger charge is -2.28. The molecule has 0 amide bonds. The van der Waals surface area contributed by atoms with Crippen LogP contribution in [0.1, 0.15) is 100 Å². The molecule has 2 heteroatoms. The van der Waals surface area contributed by atoms with Crippen LogP contribution >= 0.6 is 0 Å². The van der Waals surface area contributed by atoms with Crippen LogP contribution in [0.2, 0.25) is 0 Å². The van der Waals surface area contributed by atoms with Crippen LogP contribution in [0.5, 0.6) is 0 Å². The van der Waals surface area contributed by atoms with Gasteiger partial charge in [-0.2, -0.15) is 0 Å². The van der Waals surface area contributed by atoms with E-state index in [1.807, 2.05) is 12.2 Å². The Labute approximate surface area is 164 Å². The van der Waals surface area contributed by atoms with Crippen molar-refractivity contribution in [3.63, 3.8) is 0 Å². The molecule has 2 unspecified atom stereocenters. The first-order chi connectivity index (χ1) is 12.1. The molecule has 0 aliphatic rings. The monoisotopic (exact) mass is 368 g/mol. The lowest BCUT2D eigenvalue weighted by atomic mass is 9.81. The Morgan fingerprint density at radius 3 is 1.69 bits per heavy atom. The van der Waals surface area contributed by atoms with Crippen LogP contribution in [0.3, 0.4) is 0 Å². The molecular formula is C24H48O2. The summed E-state index contributed by atoms with van der Waals surface area (Å²) in [5, 5.41) is 19.4. The van der Waals surface area contributed by atoms with Crippen molar-refractivity contribution in [2.24, 2.45) is 17.3 Å². The van der Waals surface area contributed by atoms with Crippen molar-refractivity contribution < 1.29 is 10.2 Å². The van der Waals surface area contributed by atoms with Gasteiger partial charge in [-0.3, -0.25) is 0 Å². The largest absolute Gasteiger partial charge is 0.389 e. The molecule has 156 valence electrons. The van der Waals surface area contributed by atoms with Gasteiger partial charge in [0.1, 0.15) is 0 Å². The van der Waals surface area contributed by atoms with Crippen molar-refractivity contribution in [2.75, 3.05) is 0 Å². The Hall–Kier alpha value is -0.600. The lowest BCUT2D eigenvalue weighted by Crippen LogP contribution is -2.27. The van der Waals surface area contributed by atoms with E-state index in [1.54, 1.807) is 0 Å². The van der Waals surface area contributed by atoms with Crippen LogP contribution in [0, 0.1) is 17.3 Å². The molecule has 0 saturated heterocycles. The van der Waals surface area contributed by atoms with Gasteiger partial charge in [0.2, 0.25) is 0 Å². The highest BCUT2D eigenvalue weighted by Gasteiger charge is 2.24. The molecule has 2 atom stereocenters. The first kappa shape index (κ1) is 27.6. The van der Waals surface area contributed by atoms with E-state index in [4.69, 9.17) is 0 Å². The molecule has 0 fully saturated rings. The quantitative estimate of drug-likeness (QED) is 0.290. The van der Waals surface area contributed by atoms with Gasteiger partial charge < -0.3 is 10.2 Å². The molecule has 0 bridgehead atoms. The van der Waals surface area contributed by atoms with Crippen LogP contribution in [0.15, 0.2) is 24.3 Å². The standard InChI is InChI=1S/C13H26O.C11H22O/c1-6-7-10-13(4,5)12(14)9-8-11(2)3;1-4-5-6-7-11(12)9-8-10(2)3/h8-9,11-12,14H,6-7,10H2,1-5H3;8-12H,4-7H2,1-3H3/b2*9-8+. The Bertz CT molecular complexity index is 353. The molecule has 0 spiro atoms. The van der Waals surface area contributed by atoms with E-state index in [0.29, 0.717) is 11.8 Å². The van der Waals surface area contributed by atoms with E-state index >= 15 is 0 Å². The third kappa shape index (κ3) is 18.2. The Morgan fingerprint density at radius 1 is 0.731 bits per heavy atom. The van der Waals surface area contributed by atoms with Crippen molar-refractivity contribution in [1.82, 2.24) is 0 Å². The molecular weight excluding hydrogens is 320 g/mol. The van der Waals surface area contributed by atoms with Gasteiger partial charge in [-0.05, 0) is 30.1 Å². The van der Waals surface area contributed by atoms with Crippen molar-refractivity contribution in [2.45, 2.75) is 113 Å². The molecule has 0 aliphatic heterocycles. The topological polar surface area (TPSA) is 40.5 Å². The summed E-state index contributed by atoms with van der Waals surface area (Å²) in [6, 6.07) is 0. The zero-order chi connectivity index (χ0) is 20.6. The highest BCUT2D eigenvalue weighted by molar-refractivity contribution is 4.97. The number of unbranched alkanes of at least 4 members (excludes halogenated alkanes) is 3. The molecule has 0 heterocycles. The SMILES string of the molecule is CCCCC(C)(C)C(O)/C=C/C(C)C.CCCCCC(O)/C=C/C(C)C.